The molecule has 2 heterocycles. The van der Waals surface area contributed by atoms with Crippen molar-refractivity contribution in [2.24, 2.45) is 11.8 Å². The van der Waals surface area contributed by atoms with Crippen LogP contribution in [0.4, 0.5) is 0 Å². The first-order chi connectivity index (χ1) is 15.4. The Kier molecular flexibility index (Phi) is 5.37. The van der Waals surface area contributed by atoms with Gasteiger partial charge in [-0.3, -0.25) is 4.79 Å². The van der Waals surface area contributed by atoms with E-state index < -0.39 is 0 Å². The monoisotopic (exact) mass is 435 g/mol. The van der Waals surface area contributed by atoms with Gasteiger partial charge in [-0.25, -0.2) is 0 Å². The average Bonchev–Trinajstić information content (AvgIpc) is 3.42. The molecule has 2 aromatic rings. The fourth-order valence-corrected chi connectivity index (χ4v) is 5.35. The Morgan fingerprint density at radius 1 is 1.28 bits per heavy atom. The zero-order valence-electron chi connectivity index (χ0n) is 18.7. The number of aliphatic hydroxyl groups excluding tert-OH is 1. The molecule has 7 heteroatoms. The van der Waals surface area contributed by atoms with E-state index >= 15 is 0 Å². The Morgan fingerprint density at radius 3 is 2.91 bits per heavy atom. The van der Waals surface area contributed by atoms with Crippen LogP contribution in [0.25, 0.3) is 17.0 Å². The molecular weight excluding hydrogens is 406 g/mol. The molecule has 5 rings (SSSR count). The highest BCUT2D eigenvalue weighted by atomic mass is 16.5. The number of carbonyl (C=O) groups is 1. The number of likely N-dealkylation sites (tertiary alicyclic amines) is 1. The largest absolute Gasteiger partial charge is 0.495 e. The van der Waals surface area contributed by atoms with Crippen LogP contribution in [0.5, 0.6) is 0 Å². The molecule has 1 aliphatic heterocycles. The lowest BCUT2D eigenvalue weighted by molar-refractivity contribution is -0.129. The Hall–Kier alpha value is -2.93. The number of aliphatic hydroxyl groups is 1. The van der Waals surface area contributed by atoms with E-state index in [-0.39, 0.29) is 30.6 Å². The highest BCUT2D eigenvalue weighted by molar-refractivity contribution is 5.81. The lowest BCUT2D eigenvalue weighted by Crippen LogP contribution is -2.30. The van der Waals surface area contributed by atoms with Gasteiger partial charge in [-0.1, -0.05) is 36.4 Å². The molecule has 1 aromatic heterocycles. The minimum atomic E-state index is -0.0260. The van der Waals surface area contributed by atoms with Crippen LogP contribution in [-0.2, 0) is 16.0 Å². The standard InChI is InChI=1S/C25H29N3O4/c1-14(2)31-18-10-15(3)9-17(11-18)25-26-24(27-32-25)20-6-4-5-19-21(20)12-16-13-22(30)28(7-8-29)23(16)19/h4-6,9,11,14-16,23,29H,7-8,10,12-13H2,1-3H3. The summed E-state index contributed by atoms with van der Waals surface area (Å²) in [6.07, 6.45) is 6.44. The summed E-state index contributed by atoms with van der Waals surface area (Å²) in [5.74, 6) is 2.68. The zero-order valence-corrected chi connectivity index (χ0v) is 18.7. The maximum Gasteiger partial charge on any atom is 0.258 e. The van der Waals surface area contributed by atoms with Crippen LogP contribution in [0.2, 0.25) is 0 Å². The Bertz CT molecular complexity index is 1100. The van der Waals surface area contributed by atoms with Crippen LogP contribution in [0.15, 0.2) is 40.6 Å². The van der Waals surface area contributed by atoms with E-state index in [0.29, 0.717) is 30.6 Å². The minimum Gasteiger partial charge on any atom is -0.495 e. The van der Waals surface area contributed by atoms with Gasteiger partial charge in [-0.05, 0) is 49.3 Å². The molecule has 1 fully saturated rings. The number of hydrogen-bond acceptors (Lipinski definition) is 6. The van der Waals surface area contributed by atoms with Gasteiger partial charge < -0.3 is 19.3 Å². The van der Waals surface area contributed by atoms with Crippen molar-refractivity contribution in [1.29, 1.82) is 0 Å². The van der Waals surface area contributed by atoms with Crippen molar-refractivity contribution in [1.82, 2.24) is 15.0 Å². The van der Waals surface area contributed by atoms with E-state index in [0.717, 1.165) is 35.3 Å². The predicted octanol–water partition coefficient (Wildman–Crippen LogP) is 3.91. The SMILES string of the molecule is CC1C=C(c2nc(-c3cccc4c3CC3CC(=O)N(CCO)C43)no2)C=C(OC(C)C)C1. The van der Waals surface area contributed by atoms with E-state index in [2.05, 4.69) is 24.2 Å². The second-order valence-electron chi connectivity index (χ2n) is 9.30. The second-order valence-corrected chi connectivity index (χ2v) is 9.30. The summed E-state index contributed by atoms with van der Waals surface area (Å²) in [5, 5.41) is 13.7. The third-order valence-corrected chi connectivity index (χ3v) is 6.48. The number of hydrogen-bond donors (Lipinski definition) is 1. The summed E-state index contributed by atoms with van der Waals surface area (Å²) in [4.78, 5) is 18.9. The lowest BCUT2D eigenvalue weighted by atomic mass is 9.96. The van der Waals surface area contributed by atoms with Gasteiger partial charge in [-0.2, -0.15) is 4.98 Å². The molecule has 0 spiro atoms. The summed E-state index contributed by atoms with van der Waals surface area (Å²) in [6.45, 7) is 6.54. The number of fused-ring (bicyclic) bond motifs is 3. The highest BCUT2D eigenvalue weighted by Crippen LogP contribution is 2.49. The number of aromatic nitrogens is 2. The Balaban J connectivity index is 1.46. The summed E-state index contributed by atoms with van der Waals surface area (Å²) in [7, 11) is 0. The summed E-state index contributed by atoms with van der Waals surface area (Å²) >= 11 is 0. The molecule has 32 heavy (non-hydrogen) atoms. The Morgan fingerprint density at radius 2 is 2.12 bits per heavy atom. The molecule has 3 aliphatic rings. The van der Waals surface area contributed by atoms with E-state index in [9.17, 15) is 9.90 Å². The predicted molar refractivity (Wildman–Crippen MR) is 119 cm³/mol. The number of ether oxygens (including phenoxy) is 1. The number of carbonyl (C=O) groups excluding carboxylic acids is 1. The first kappa shape index (κ1) is 20.9. The van der Waals surface area contributed by atoms with Crippen LogP contribution >= 0.6 is 0 Å². The molecule has 0 bridgehead atoms. The molecular formula is C25H29N3O4. The second kappa shape index (κ2) is 8.20. The molecule has 7 nitrogen and oxygen atoms in total. The molecule has 1 N–H and O–H groups in total. The minimum absolute atomic E-state index is 0.0246. The van der Waals surface area contributed by atoms with E-state index in [1.807, 2.05) is 37.0 Å². The van der Waals surface area contributed by atoms with Crippen LogP contribution in [0, 0.1) is 11.8 Å². The smallest absolute Gasteiger partial charge is 0.258 e. The third kappa shape index (κ3) is 3.64. The van der Waals surface area contributed by atoms with Crippen LogP contribution in [0.1, 0.15) is 56.7 Å². The van der Waals surface area contributed by atoms with Crippen molar-refractivity contribution in [3.8, 4) is 11.4 Å². The molecule has 2 aliphatic carbocycles. The number of benzene rings is 1. The number of nitrogens with zero attached hydrogens (tertiary/aromatic N) is 3. The van der Waals surface area contributed by atoms with Gasteiger partial charge in [0, 0.05) is 30.5 Å². The van der Waals surface area contributed by atoms with E-state index in [1.165, 1.54) is 5.56 Å². The quantitative estimate of drug-likeness (QED) is 0.740. The van der Waals surface area contributed by atoms with E-state index in [1.54, 1.807) is 0 Å². The summed E-state index contributed by atoms with van der Waals surface area (Å²) < 4.78 is 11.6. The maximum atomic E-state index is 12.4. The van der Waals surface area contributed by atoms with Gasteiger partial charge in [0.05, 0.1) is 24.5 Å². The van der Waals surface area contributed by atoms with Crippen molar-refractivity contribution in [3.63, 3.8) is 0 Å². The molecule has 0 saturated carbocycles. The molecule has 1 aromatic carbocycles. The molecule has 0 radical (unpaired) electrons. The van der Waals surface area contributed by atoms with Gasteiger partial charge in [0.15, 0.2) is 0 Å². The normalized spacial score (nSPS) is 24.5. The first-order valence-electron chi connectivity index (χ1n) is 11.4. The van der Waals surface area contributed by atoms with Crippen LogP contribution in [-0.4, -0.2) is 45.3 Å². The fourth-order valence-electron chi connectivity index (χ4n) is 5.35. The number of allylic oxidation sites excluding steroid dienone is 4. The number of amides is 1. The van der Waals surface area contributed by atoms with E-state index in [4.69, 9.17) is 14.2 Å². The first-order valence-corrected chi connectivity index (χ1v) is 11.4. The molecule has 3 unspecified atom stereocenters. The average molecular weight is 436 g/mol. The topological polar surface area (TPSA) is 88.7 Å². The van der Waals surface area contributed by atoms with Gasteiger partial charge in [-0.15, -0.1) is 0 Å². The van der Waals surface area contributed by atoms with Gasteiger partial charge in [0.25, 0.3) is 5.89 Å². The fraction of sp³-hybridized carbons (Fsp3) is 0.480. The zero-order chi connectivity index (χ0) is 22.4. The van der Waals surface area contributed by atoms with Gasteiger partial charge in [0.1, 0.15) is 0 Å². The van der Waals surface area contributed by atoms with Crippen molar-refractivity contribution in [3.05, 3.63) is 53.1 Å². The third-order valence-electron chi connectivity index (χ3n) is 6.48. The van der Waals surface area contributed by atoms with Crippen molar-refractivity contribution >= 4 is 11.5 Å². The summed E-state index contributed by atoms with van der Waals surface area (Å²) in [5.41, 5.74) is 4.16. The Labute approximate surface area is 187 Å². The van der Waals surface area contributed by atoms with Gasteiger partial charge >= 0.3 is 0 Å². The van der Waals surface area contributed by atoms with Crippen molar-refractivity contribution < 1.29 is 19.2 Å². The molecule has 1 amide bonds. The van der Waals surface area contributed by atoms with Gasteiger partial charge in [0.2, 0.25) is 11.7 Å². The number of β-amino-alcohol motifs (C(OH)–C–C–N with tert-alkyl or cyclic N) is 1. The highest BCUT2D eigenvalue weighted by Gasteiger charge is 2.46. The lowest BCUT2D eigenvalue weighted by Gasteiger charge is -2.24. The van der Waals surface area contributed by atoms with Crippen molar-refractivity contribution in [2.45, 2.75) is 52.2 Å². The summed E-state index contributed by atoms with van der Waals surface area (Å²) in [6, 6.07) is 6.12. The number of rotatable bonds is 6. The van der Waals surface area contributed by atoms with Crippen molar-refractivity contribution in [2.75, 3.05) is 13.2 Å². The molecule has 168 valence electrons. The maximum absolute atomic E-state index is 12.4. The molecule has 3 atom stereocenters. The van der Waals surface area contributed by atoms with Crippen LogP contribution < -0.4 is 0 Å². The van der Waals surface area contributed by atoms with Crippen LogP contribution in [0.3, 0.4) is 0 Å². The molecule has 1 saturated heterocycles.